The Labute approximate surface area is 131 Å². The predicted octanol–water partition coefficient (Wildman–Crippen LogP) is 2.71. The fourth-order valence-corrected chi connectivity index (χ4v) is 3.05. The zero-order chi connectivity index (χ0) is 14.8. The van der Waals surface area contributed by atoms with Crippen molar-refractivity contribution in [3.8, 4) is 5.75 Å². The quantitative estimate of drug-likeness (QED) is 0.905. The molecule has 3 rings (SSSR count). The van der Waals surface area contributed by atoms with Gasteiger partial charge in [0.25, 0.3) is 0 Å². The van der Waals surface area contributed by atoms with E-state index >= 15 is 0 Å². The van der Waals surface area contributed by atoms with Gasteiger partial charge in [-0.3, -0.25) is 9.69 Å². The van der Waals surface area contributed by atoms with E-state index in [1.165, 1.54) is 17.2 Å². The Morgan fingerprint density at radius 3 is 2.71 bits per heavy atom. The predicted molar refractivity (Wildman–Crippen MR) is 83.5 cm³/mol. The van der Waals surface area contributed by atoms with Crippen LogP contribution in [0.25, 0.3) is 0 Å². The van der Waals surface area contributed by atoms with Crippen LogP contribution in [0.5, 0.6) is 5.75 Å². The van der Waals surface area contributed by atoms with E-state index in [0.717, 1.165) is 36.7 Å². The average Bonchev–Trinajstić information content (AvgIpc) is 2.65. The lowest BCUT2D eigenvalue weighted by Crippen LogP contribution is -2.26. The van der Waals surface area contributed by atoms with Crippen molar-refractivity contribution >= 4 is 15.9 Å². The molecule has 0 bridgehead atoms. The van der Waals surface area contributed by atoms with E-state index in [0.29, 0.717) is 12.3 Å². The zero-order valence-electron chi connectivity index (χ0n) is 11.5. The van der Waals surface area contributed by atoms with E-state index in [1.54, 1.807) is 0 Å². The van der Waals surface area contributed by atoms with Crippen LogP contribution < -0.4 is 5.43 Å². The second-order valence-electron chi connectivity index (χ2n) is 5.29. The standard InChI is InChI=1S/C16H16BrNO3/c17-13-2-1-11-3-5-18(6-4-12(11)7-13)9-14-8-15(19)16(20)10-21-14/h1-2,7-8,10,20H,3-6,9H2. The first-order valence-electron chi connectivity index (χ1n) is 6.92. The summed E-state index contributed by atoms with van der Waals surface area (Å²) in [6.45, 7) is 2.44. The molecule has 2 aromatic rings. The monoisotopic (exact) mass is 349 g/mol. The van der Waals surface area contributed by atoms with E-state index in [9.17, 15) is 9.90 Å². The van der Waals surface area contributed by atoms with Crippen molar-refractivity contribution in [2.75, 3.05) is 13.1 Å². The highest BCUT2D eigenvalue weighted by Crippen LogP contribution is 2.21. The van der Waals surface area contributed by atoms with Crippen LogP contribution in [-0.4, -0.2) is 23.1 Å². The van der Waals surface area contributed by atoms with Crippen LogP contribution >= 0.6 is 15.9 Å². The maximum absolute atomic E-state index is 11.4. The molecule has 2 heterocycles. The molecule has 0 fully saturated rings. The molecular weight excluding hydrogens is 334 g/mol. The van der Waals surface area contributed by atoms with E-state index < -0.39 is 5.43 Å². The topological polar surface area (TPSA) is 53.7 Å². The summed E-state index contributed by atoms with van der Waals surface area (Å²) in [7, 11) is 0. The summed E-state index contributed by atoms with van der Waals surface area (Å²) >= 11 is 3.51. The molecule has 0 amide bonds. The molecular formula is C16H16BrNO3. The Morgan fingerprint density at radius 2 is 1.95 bits per heavy atom. The van der Waals surface area contributed by atoms with Crippen LogP contribution in [0.4, 0.5) is 0 Å². The first-order chi connectivity index (χ1) is 10.1. The van der Waals surface area contributed by atoms with Gasteiger partial charge in [0.15, 0.2) is 5.75 Å². The summed E-state index contributed by atoms with van der Waals surface area (Å²) in [6, 6.07) is 7.79. The lowest BCUT2D eigenvalue weighted by Gasteiger charge is -2.18. The first-order valence-corrected chi connectivity index (χ1v) is 7.71. The van der Waals surface area contributed by atoms with Gasteiger partial charge in [-0.05, 0) is 36.1 Å². The van der Waals surface area contributed by atoms with Crippen molar-refractivity contribution in [3.05, 3.63) is 62.1 Å². The van der Waals surface area contributed by atoms with Gasteiger partial charge in [-0.25, -0.2) is 0 Å². The van der Waals surface area contributed by atoms with Gasteiger partial charge >= 0.3 is 0 Å². The highest BCUT2D eigenvalue weighted by molar-refractivity contribution is 9.10. The largest absolute Gasteiger partial charge is 0.502 e. The van der Waals surface area contributed by atoms with Gasteiger partial charge in [-0.15, -0.1) is 0 Å². The highest BCUT2D eigenvalue weighted by atomic mass is 79.9. The van der Waals surface area contributed by atoms with Gasteiger partial charge in [0.1, 0.15) is 12.0 Å². The minimum atomic E-state index is -0.390. The Bertz CT molecular complexity index is 711. The second-order valence-corrected chi connectivity index (χ2v) is 6.20. The third kappa shape index (κ3) is 3.36. The number of hydrogen-bond acceptors (Lipinski definition) is 4. The summed E-state index contributed by atoms with van der Waals surface area (Å²) < 4.78 is 6.39. The lowest BCUT2D eigenvalue weighted by molar-refractivity contribution is 0.250. The molecule has 0 atom stereocenters. The first kappa shape index (κ1) is 14.4. The maximum Gasteiger partial charge on any atom is 0.226 e. The fraction of sp³-hybridized carbons (Fsp3) is 0.312. The lowest BCUT2D eigenvalue weighted by atomic mass is 10.0. The number of aromatic hydroxyl groups is 1. The minimum absolute atomic E-state index is 0.341. The molecule has 0 spiro atoms. The molecule has 1 aromatic carbocycles. The molecule has 0 aliphatic carbocycles. The number of hydrogen-bond donors (Lipinski definition) is 1. The summed E-state index contributed by atoms with van der Waals surface area (Å²) in [5, 5.41) is 9.21. The molecule has 0 saturated carbocycles. The number of rotatable bonds is 2. The SMILES string of the molecule is O=c1cc(CN2CCc3ccc(Br)cc3CC2)occ1O. The van der Waals surface area contributed by atoms with Crippen molar-refractivity contribution in [2.45, 2.75) is 19.4 Å². The van der Waals surface area contributed by atoms with Crippen LogP contribution in [-0.2, 0) is 19.4 Å². The van der Waals surface area contributed by atoms with Crippen LogP contribution in [0.2, 0.25) is 0 Å². The summed E-state index contributed by atoms with van der Waals surface area (Å²) in [4.78, 5) is 13.7. The van der Waals surface area contributed by atoms with Crippen molar-refractivity contribution in [1.82, 2.24) is 4.90 Å². The van der Waals surface area contributed by atoms with E-state index in [4.69, 9.17) is 4.42 Å². The molecule has 21 heavy (non-hydrogen) atoms. The number of benzene rings is 1. The van der Waals surface area contributed by atoms with Crippen molar-refractivity contribution in [2.24, 2.45) is 0 Å². The highest BCUT2D eigenvalue weighted by Gasteiger charge is 2.15. The third-order valence-corrected chi connectivity index (χ3v) is 4.30. The smallest absolute Gasteiger partial charge is 0.226 e. The summed E-state index contributed by atoms with van der Waals surface area (Å²) in [5.74, 6) is 0.247. The summed E-state index contributed by atoms with van der Waals surface area (Å²) in [5.41, 5.74) is 2.37. The van der Waals surface area contributed by atoms with Gasteiger partial charge in [0, 0.05) is 23.6 Å². The molecule has 0 saturated heterocycles. The molecule has 1 N–H and O–H groups in total. The average molecular weight is 350 g/mol. The van der Waals surface area contributed by atoms with Crippen LogP contribution in [0.1, 0.15) is 16.9 Å². The van der Waals surface area contributed by atoms with Crippen molar-refractivity contribution in [3.63, 3.8) is 0 Å². The molecule has 110 valence electrons. The second kappa shape index (κ2) is 6.03. The van der Waals surface area contributed by atoms with Gasteiger partial charge in [0.05, 0.1) is 6.54 Å². The molecule has 4 nitrogen and oxygen atoms in total. The minimum Gasteiger partial charge on any atom is -0.502 e. The number of nitrogens with zero attached hydrogens (tertiary/aromatic N) is 1. The number of fused-ring (bicyclic) bond motifs is 1. The normalized spacial score (nSPS) is 15.5. The van der Waals surface area contributed by atoms with E-state index in [2.05, 4.69) is 39.0 Å². The Kier molecular flexibility index (Phi) is 4.12. The molecule has 0 unspecified atom stereocenters. The molecule has 0 radical (unpaired) electrons. The van der Waals surface area contributed by atoms with E-state index in [-0.39, 0.29) is 5.75 Å². The molecule has 5 heteroatoms. The maximum atomic E-state index is 11.4. The van der Waals surface area contributed by atoms with Crippen molar-refractivity contribution in [1.29, 1.82) is 0 Å². The van der Waals surface area contributed by atoms with Crippen molar-refractivity contribution < 1.29 is 9.52 Å². The van der Waals surface area contributed by atoms with Gasteiger partial charge in [0.2, 0.25) is 5.43 Å². The molecule has 1 aliphatic heterocycles. The van der Waals surface area contributed by atoms with Crippen LogP contribution in [0, 0.1) is 0 Å². The molecule has 1 aliphatic rings. The van der Waals surface area contributed by atoms with Crippen LogP contribution in [0.15, 0.2) is 44.2 Å². The Balaban J connectivity index is 1.72. The summed E-state index contributed by atoms with van der Waals surface area (Å²) in [6.07, 6.45) is 3.09. The number of halogens is 1. The Hall–Kier alpha value is -1.59. The third-order valence-electron chi connectivity index (χ3n) is 3.81. The Morgan fingerprint density at radius 1 is 1.19 bits per heavy atom. The molecule has 1 aromatic heterocycles. The van der Waals surface area contributed by atoms with Gasteiger partial charge < -0.3 is 9.52 Å². The van der Waals surface area contributed by atoms with E-state index in [1.807, 2.05) is 0 Å². The zero-order valence-corrected chi connectivity index (χ0v) is 13.1. The van der Waals surface area contributed by atoms with Gasteiger partial charge in [-0.2, -0.15) is 0 Å². The van der Waals surface area contributed by atoms with Gasteiger partial charge in [-0.1, -0.05) is 22.0 Å². The fourth-order valence-electron chi connectivity index (χ4n) is 2.65. The van der Waals surface area contributed by atoms with Crippen LogP contribution in [0.3, 0.4) is 0 Å².